The number of ether oxygens (including phenoxy) is 2. The van der Waals surface area contributed by atoms with Crippen LogP contribution in [0.25, 0.3) is 0 Å². The van der Waals surface area contributed by atoms with Gasteiger partial charge < -0.3 is 25.4 Å². The number of likely N-dealkylation sites (N-methyl/N-ethyl adjacent to an activating group) is 1. The van der Waals surface area contributed by atoms with Crippen LogP contribution in [0, 0.1) is 5.41 Å². The minimum absolute atomic E-state index is 0.0510. The molecule has 6 heteroatoms. The van der Waals surface area contributed by atoms with Gasteiger partial charge in [-0.05, 0) is 19.9 Å². The van der Waals surface area contributed by atoms with E-state index in [1.54, 1.807) is 0 Å². The summed E-state index contributed by atoms with van der Waals surface area (Å²) in [5.74, 6) is 0.0510. The Morgan fingerprint density at radius 3 is 2.79 bits per heavy atom. The van der Waals surface area contributed by atoms with Gasteiger partial charge in [0.25, 0.3) is 0 Å². The second-order valence-corrected chi connectivity index (χ2v) is 5.56. The summed E-state index contributed by atoms with van der Waals surface area (Å²) in [5, 5.41) is 3.01. The van der Waals surface area contributed by atoms with Crippen molar-refractivity contribution in [3.63, 3.8) is 0 Å². The molecule has 1 unspecified atom stereocenters. The monoisotopic (exact) mass is 271 g/mol. The van der Waals surface area contributed by atoms with Crippen LogP contribution in [0.5, 0.6) is 0 Å². The third-order valence-corrected chi connectivity index (χ3v) is 4.15. The fourth-order valence-electron chi connectivity index (χ4n) is 2.67. The average Bonchev–Trinajstić information content (AvgIpc) is 2.45. The van der Waals surface area contributed by atoms with E-state index in [-0.39, 0.29) is 12.0 Å². The smallest absolute Gasteiger partial charge is 0.227 e. The van der Waals surface area contributed by atoms with Crippen molar-refractivity contribution in [2.24, 2.45) is 11.1 Å². The van der Waals surface area contributed by atoms with Crippen molar-refractivity contribution >= 4 is 5.91 Å². The number of nitrogens with two attached hydrogens (primary N) is 1. The van der Waals surface area contributed by atoms with E-state index in [0.717, 1.165) is 19.7 Å². The molecule has 0 spiro atoms. The molecule has 6 nitrogen and oxygen atoms in total. The Labute approximate surface area is 114 Å². The molecule has 2 rings (SSSR count). The lowest BCUT2D eigenvalue weighted by atomic mass is 9.79. The zero-order chi connectivity index (χ0) is 13.7. The van der Waals surface area contributed by atoms with Gasteiger partial charge in [-0.1, -0.05) is 0 Å². The Hall–Kier alpha value is -0.690. The standard InChI is InChI=1S/C13H25N3O3/c1-16-4-7-19-11(9-16)8-15-12(17)13(10-14)2-5-18-6-3-13/h11H,2-10,14H2,1H3,(H,15,17). The molecule has 110 valence electrons. The molecule has 0 saturated carbocycles. The van der Waals surface area contributed by atoms with Gasteiger partial charge in [0, 0.05) is 39.4 Å². The van der Waals surface area contributed by atoms with Crippen LogP contribution >= 0.6 is 0 Å². The van der Waals surface area contributed by atoms with Crippen molar-refractivity contribution < 1.29 is 14.3 Å². The van der Waals surface area contributed by atoms with Crippen LogP contribution in [0.3, 0.4) is 0 Å². The molecular weight excluding hydrogens is 246 g/mol. The maximum atomic E-state index is 12.4. The first-order chi connectivity index (χ1) is 9.16. The first-order valence-corrected chi connectivity index (χ1v) is 7.02. The van der Waals surface area contributed by atoms with Crippen LogP contribution < -0.4 is 11.1 Å². The number of rotatable bonds is 4. The van der Waals surface area contributed by atoms with Crippen LogP contribution in [-0.2, 0) is 14.3 Å². The van der Waals surface area contributed by atoms with E-state index in [1.807, 2.05) is 0 Å². The molecule has 3 N–H and O–H groups in total. The highest BCUT2D eigenvalue weighted by atomic mass is 16.5. The van der Waals surface area contributed by atoms with Gasteiger partial charge in [0.05, 0.1) is 18.1 Å². The lowest BCUT2D eigenvalue weighted by Gasteiger charge is -2.36. The highest BCUT2D eigenvalue weighted by Gasteiger charge is 2.38. The summed E-state index contributed by atoms with van der Waals surface area (Å²) in [4.78, 5) is 14.6. The predicted octanol–water partition coefficient (Wildman–Crippen LogP) is -0.811. The predicted molar refractivity (Wildman–Crippen MR) is 71.8 cm³/mol. The van der Waals surface area contributed by atoms with E-state index in [4.69, 9.17) is 15.2 Å². The highest BCUT2D eigenvalue weighted by Crippen LogP contribution is 2.29. The molecule has 1 atom stereocenters. The number of morpholine rings is 1. The van der Waals surface area contributed by atoms with Crippen LogP contribution in [0.2, 0.25) is 0 Å². The summed E-state index contributed by atoms with van der Waals surface area (Å²) in [7, 11) is 2.07. The van der Waals surface area contributed by atoms with Crippen LogP contribution in [0.1, 0.15) is 12.8 Å². The zero-order valence-electron chi connectivity index (χ0n) is 11.7. The molecule has 0 bridgehead atoms. The fourth-order valence-corrected chi connectivity index (χ4v) is 2.67. The summed E-state index contributed by atoms with van der Waals surface area (Å²) in [5.41, 5.74) is 5.37. The van der Waals surface area contributed by atoms with Gasteiger partial charge in [0.2, 0.25) is 5.91 Å². The van der Waals surface area contributed by atoms with Crippen molar-refractivity contribution in [3.05, 3.63) is 0 Å². The van der Waals surface area contributed by atoms with Crippen LogP contribution in [-0.4, -0.2) is 70.0 Å². The first-order valence-electron chi connectivity index (χ1n) is 7.02. The third kappa shape index (κ3) is 3.66. The number of carbonyl (C=O) groups is 1. The summed E-state index contributed by atoms with van der Waals surface area (Å²) in [6, 6.07) is 0. The quantitative estimate of drug-likeness (QED) is 0.699. The molecule has 0 aromatic rings. The summed E-state index contributed by atoms with van der Waals surface area (Å²) < 4.78 is 11.0. The number of hydrogen-bond acceptors (Lipinski definition) is 5. The number of nitrogens with zero attached hydrogens (tertiary/aromatic N) is 1. The maximum absolute atomic E-state index is 12.4. The molecule has 2 fully saturated rings. The second kappa shape index (κ2) is 6.65. The van der Waals surface area contributed by atoms with Crippen molar-refractivity contribution in [2.45, 2.75) is 18.9 Å². The summed E-state index contributed by atoms with van der Waals surface area (Å²) >= 11 is 0. The maximum Gasteiger partial charge on any atom is 0.227 e. The minimum atomic E-state index is -0.446. The van der Waals surface area contributed by atoms with E-state index in [1.165, 1.54) is 0 Å². The van der Waals surface area contributed by atoms with E-state index >= 15 is 0 Å². The van der Waals surface area contributed by atoms with E-state index in [2.05, 4.69) is 17.3 Å². The molecule has 0 radical (unpaired) electrons. The van der Waals surface area contributed by atoms with Crippen LogP contribution in [0.4, 0.5) is 0 Å². The van der Waals surface area contributed by atoms with E-state index in [0.29, 0.717) is 39.1 Å². The number of hydrogen-bond donors (Lipinski definition) is 2. The topological polar surface area (TPSA) is 76.8 Å². The van der Waals surface area contributed by atoms with E-state index in [9.17, 15) is 4.79 Å². The van der Waals surface area contributed by atoms with Gasteiger partial charge in [0.15, 0.2) is 0 Å². The first kappa shape index (κ1) is 14.7. The lowest BCUT2D eigenvalue weighted by molar-refractivity contribution is -0.137. The summed E-state index contributed by atoms with van der Waals surface area (Å²) in [6.45, 7) is 4.72. The molecular formula is C13H25N3O3. The molecule has 2 heterocycles. The number of carbonyl (C=O) groups excluding carboxylic acids is 1. The SMILES string of the molecule is CN1CCOC(CNC(=O)C2(CN)CCOCC2)C1. The van der Waals surface area contributed by atoms with E-state index < -0.39 is 5.41 Å². The van der Waals surface area contributed by atoms with Gasteiger partial charge in [-0.25, -0.2) is 0 Å². The Balaban J connectivity index is 1.82. The molecule has 2 aliphatic rings. The number of amides is 1. The van der Waals surface area contributed by atoms with Gasteiger partial charge in [-0.2, -0.15) is 0 Å². The van der Waals surface area contributed by atoms with Gasteiger partial charge in [-0.3, -0.25) is 4.79 Å². The molecule has 2 aliphatic heterocycles. The molecule has 1 amide bonds. The third-order valence-electron chi connectivity index (χ3n) is 4.15. The Kier molecular flexibility index (Phi) is 5.15. The highest BCUT2D eigenvalue weighted by molar-refractivity contribution is 5.83. The van der Waals surface area contributed by atoms with Crippen molar-refractivity contribution in [2.75, 3.05) is 53.0 Å². The Morgan fingerprint density at radius 1 is 1.42 bits per heavy atom. The minimum Gasteiger partial charge on any atom is -0.381 e. The molecule has 0 aromatic carbocycles. The number of nitrogens with one attached hydrogen (secondary N) is 1. The molecule has 2 saturated heterocycles. The second-order valence-electron chi connectivity index (χ2n) is 5.56. The Morgan fingerprint density at radius 2 is 2.16 bits per heavy atom. The van der Waals surface area contributed by atoms with Crippen molar-refractivity contribution in [1.29, 1.82) is 0 Å². The lowest BCUT2D eigenvalue weighted by Crippen LogP contribution is -2.52. The zero-order valence-corrected chi connectivity index (χ0v) is 11.7. The Bertz CT molecular complexity index is 306. The van der Waals surface area contributed by atoms with Crippen molar-refractivity contribution in [1.82, 2.24) is 10.2 Å². The van der Waals surface area contributed by atoms with Gasteiger partial charge in [-0.15, -0.1) is 0 Å². The molecule has 19 heavy (non-hydrogen) atoms. The molecule has 0 aliphatic carbocycles. The van der Waals surface area contributed by atoms with Crippen LogP contribution in [0.15, 0.2) is 0 Å². The van der Waals surface area contributed by atoms with Crippen molar-refractivity contribution in [3.8, 4) is 0 Å². The largest absolute Gasteiger partial charge is 0.381 e. The normalized spacial score (nSPS) is 28.0. The fraction of sp³-hybridized carbons (Fsp3) is 0.923. The average molecular weight is 271 g/mol. The van der Waals surface area contributed by atoms with Gasteiger partial charge >= 0.3 is 0 Å². The van der Waals surface area contributed by atoms with Gasteiger partial charge in [0.1, 0.15) is 0 Å². The molecule has 0 aromatic heterocycles. The summed E-state index contributed by atoms with van der Waals surface area (Å²) in [6.07, 6.45) is 1.50.